The van der Waals surface area contributed by atoms with Crippen LogP contribution in [0.2, 0.25) is 0 Å². The molecule has 0 bridgehead atoms. The zero-order valence-corrected chi connectivity index (χ0v) is 21.2. The fourth-order valence-corrected chi connectivity index (χ4v) is 3.71. The lowest BCUT2D eigenvalue weighted by molar-refractivity contribution is 0.159. The van der Waals surface area contributed by atoms with Crippen molar-refractivity contribution in [3.63, 3.8) is 0 Å². The molecule has 31 heavy (non-hydrogen) atoms. The van der Waals surface area contributed by atoms with Crippen molar-refractivity contribution in [2.45, 2.75) is 52.1 Å². The van der Waals surface area contributed by atoms with Gasteiger partial charge in [-0.3, -0.25) is 5.10 Å². The molecule has 1 atom stereocenters. The van der Waals surface area contributed by atoms with Crippen LogP contribution in [0.4, 0.5) is 0 Å². The summed E-state index contributed by atoms with van der Waals surface area (Å²) >= 11 is 0. The third kappa shape index (κ3) is 7.95. The van der Waals surface area contributed by atoms with Gasteiger partial charge in [0.2, 0.25) is 0 Å². The van der Waals surface area contributed by atoms with E-state index < -0.39 is 0 Å². The van der Waals surface area contributed by atoms with Gasteiger partial charge < -0.3 is 20.3 Å². The Hall–Kier alpha value is -1.88. The zero-order valence-electron chi connectivity index (χ0n) is 18.9. The van der Waals surface area contributed by atoms with Crippen molar-refractivity contribution in [1.29, 1.82) is 0 Å². The molecule has 1 aliphatic heterocycles. The fraction of sp³-hybridized carbons (Fsp3) is 0.591. The van der Waals surface area contributed by atoms with E-state index >= 15 is 0 Å². The molecule has 0 radical (unpaired) electrons. The van der Waals surface area contributed by atoms with Crippen LogP contribution >= 0.6 is 24.0 Å². The van der Waals surface area contributed by atoms with Crippen molar-refractivity contribution in [1.82, 2.24) is 30.7 Å². The van der Waals surface area contributed by atoms with Gasteiger partial charge in [-0.1, -0.05) is 6.42 Å². The van der Waals surface area contributed by atoms with E-state index in [1.807, 2.05) is 24.3 Å². The predicted octanol–water partition coefficient (Wildman–Crippen LogP) is 3.42. The number of ether oxygens (including phenoxy) is 1. The molecule has 172 valence electrons. The van der Waals surface area contributed by atoms with Gasteiger partial charge in [-0.05, 0) is 63.9 Å². The number of H-pyrrole nitrogens is 1. The minimum Gasteiger partial charge on any atom is -0.497 e. The molecule has 3 rings (SSSR count). The molecule has 8 nitrogen and oxygen atoms in total. The SMILES string of the molecule is CCNC(=NCc1nc(-c2ccc(OC)cc2)n[nH]1)NCCCN1CCCCC1C.I. The van der Waals surface area contributed by atoms with E-state index in [0.717, 1.165) is 49.2 Å². The van der Waals surface area contributed by atoms with E-state index in [4.69, 9.17) is 4.74 Å². The Morgan fingerprint density at radius 3 is 2.77 bits per heavy atom. The van der Waals surface area contributed by atoms with Crippen LogP contribution in [0.3, 0.4) is 0 Å². The fourth-order valence-electron chi connectivity index (χ4n) is 3.71. The maximum absolute atomic E-state index is 5.20. The Kier molecular flexibility index (Phi) is 11.1. The number of benzene rings is 1. The Balaban J connectivity index is 0.00000341. The number of nitrogens with one attached hydrogen (secondary N) is 3. The highest BCUT2D eigenvalue weighted by Gasteiger charge is 2.17. The van der Waals surface area contributed by atoms with Crippen LogP contribution in [-0.4, -0.2) is 65.4 Å². The summed E-state index contributed by atoms with van der Waals surface area (Å²) in [5.74, 6) is 3.03. The van der Waals surface area contributed by atoms with Crippen molar-refractivity contribution < 1.29 is 4.74 Å². The number of aromatic nitrogens is 3. The van der Waals surface area contributed by atoms with Gasteiger partial charge in [0.15, 0.2) is 11.8 Å². The van der Waals surface area contributed by atoms with E-state index in [9.17, 15) is 0 Å². The van der Waals surface area contributed by atoms with Gasteiger partial charge in [0.25, 0.3) is 0 Å². The van der Waals surface area contributed by atoms with Crippen LogP contribution in [0.15, 0.2) is 29.3 Å². The number of halogens is 1. The number of methoxy groups -OCH3 is 1. The molecule has 0 spiro atoms. The van der Waals surface area contributed by atoms with Gasteiger partial charge >= 0.3 is 0 Å². The Morgan fingerprint density at radius 2 is 2.06 bits per heavy atom. The average molecular weight is 541 g/mol. The van der Waals surface area contributed by atoms with Gasteiger partial charge in [0.1, 0.15) is 18.1 Å². The van der Waals surface area contributed by atoms with Gasteiger partial charge in [-0.25, -0.2) is 9.98 Å². The molecule has 0 amide bonds. The Bertz CT molecular complexity index is 793. The minimum atomic E-state index is 0. The molecule has 9 heteroatoms. The van der Waals surface area contributed by atoms with Gasteiger partial charge in [-0.15, -0.1) is 24.0 Å². The molecule has 1 unspecified atom stereocenters. The van der Waals surface area contributed by atoms with E-state index in [0.29, 0.717) is 18.4 Å². The lowest BCUT2D eigenvalue weighted by Gasteiger charge is -2.33. The smallest absolute Gasteiger partial charge is 0.191 e. The molecule has 1 saturated heterocycles. The monoisotopic (exact) mass is 541 g/mol. The zero-order chi connectivity index (χ0) is 21.2. The maximum atomic E-state index is 5.20. The molecule has 0 aliphatic carbocycles. The van der Waals surface area contributed by atoms with Crippen LogP contribution in [0.1, 0.15) is 45.4 Å². The third-order valence-corrected chi connectivity index (χ3v) is 5.47. The standard InChI is InChI=1S/C22H35N7O.HI/c1-4-23-22(24-13-7-15-29-14-6-5-8-17(29)2)25-16-20-26-21(28-27-20)18-9-11-19(30-3)12-10-18;/h9-12,17H,4-8,13-16H2,1-3H3,(H2,23,24,25)(H,26,27,28);1H. The van der Waals surface area contributed by atoms with E-state index in [1.165, 1.54) is 25.8 Å². The summed E-state index contributed by atoms with van der Waals surface area (Å²) in [4.78, 5) is 11.8. The lowest BCUT2D eigenvalue weighted by atomic mass is 10.0. The van der Waals surface area contributed by atoms with Gasteiger partial charge in [0, 0.05) is 31.2 Å². The van der Waals surface area contributed by atoms with Crippen molar-refractivity contribution in [3.8, 4) is 17.1 Å². The summed E-state index contributed by atoms with van der Waals surface area (Å²) in [5.41, 5.74) is 0.944. The highest BCUT2D eigenvalue weighted by atomic mass is 127. The number of hydrogen-bond acceptors (Lipinski definition) is 5. The molecular weight excluding hydrogens is 505 g/mol. The highest BCUT2D eigenvalue weighted by Crippen LogP contribution is 2.19. The summed E-state index contributed by atoms with van der Waals surface area (Å²) in [6.45, 7) is 8.96. The lowest BCUT2D eigenvalue weighted by Crippen LogP contribution is -2.41. The van der Waals surface area contributed by atoms with Crippen LogP contribution in [-0.2, 0) is 6.54 Å². The normalized spacial score (nSPS) is 17.1. The number of aliphatic imine (C=N–C) groups is 1. The summed E-state index contributed by atoms with van der Waals surface area (Å²) in [7, 11) is 1.65. The van der Waals surface area contributed by atoms with Crippen LogP contribution < -0.4 is 15.4 Å². The molecule has 1 aromatic heterocycles. The molecule has 1 fully saturated rings. The number of nitrogens with zero attached hydrogens (tertiary/aromatic N) is 4. The van der Waals surface area contributed by atoms with Crippen LogP contribution in [0.25, 0.3) is 11.4 Å². The molecule has 1 aromatic carbocycles. The number of aromatic amines is 1. The molecule has 1 aliphatic rings. The summed E-state index contributed by atoms with van der Waals surface area (Å²) in [5, 5.41) is 14.0. The van der Waals surface area contributed by atoms with E-state index in [-0.39, 0.29) is 24.0 Å². The first-order valence-electron chi connectivity index (χ1n) is 11.0. The second kappa shape index (κ2) is 13.5. The maximum Gasteiger partial charge on any atom is 0.191 e. The quantitative estimate of drug-likeness (QED) is 0.195. The van der Waals surface area contributed by atoms with Crippen LogP contribution in [0.5, 0.6) is 5.75 Å². The first-order valence-corrected chi connectivity index (χ1v) is 11.0. The number of piperidine rings is 1. The summed E-state index contributed by atoms with van der Waals surface area (Å²) < 4.78 is 5.20. The largest absolute Gasteiger partial charge is 0.497 e. The van der Waals surface area contributed by atoms with E-state index in [2.05, 4.69) is 49.6 Å². The van der Waals surface area contributed by atoms with Crippen molar-refractivity contribution in [2.75, 3.05) is 33.3 Å². The van der Waals surface area contributed by atoms with E-state index in [1.54, 1.807) is 7.11 Å². The first kappa shape index (κ1) is 25.4. The summed E-state index contributed by atoms with van der Waals surface area (Å²) in [6.07, 6.45) is 5.14. The second-order valence-electron chi connectivity index (χ2n) is 7.69. The molecule has 2 heterocycles. The van der Waals surface area contributed by atoms with Gasteiger partial charge in [-0.2, -0.15) is 5.10 Å². The number of rotatable bonds is 9. The van der Waals surface area contributed by atoms with Crippen molar-refractivity contribution in [3.05, 3.63) is 30.1 Å². The highest BCUT2D eigenvalue weighted by molar-refractivity contribution is 14.0. The summed E-state index contributed by atoms with van der Waals surface area (Å²) in [6, 6.07) is 8.42. The topological polar surface area (TPSA) is 90.5 Å². The van der Waals surface area contributed by atoms with Gasteiger partial charge in [0.05, 0.1) is 7.11 Å². The minimum absolute atomic E-state index is 0. The van der Waals surface area contributed by atoms with Crippen molar-refractivity contribution in [2.24, 2.45) is 4.99 Å². The van der Waals surface area contributed by atoms with Crippen molar-refractivity contribution >= 4 is 29.9 Å². The number of hydrogen-bond donors (Lipinski definition) is 3. The average Bonchev–Trinajstić information content (AvgIpc) is 3.25. The second-order valence-corrected chi connectivity index (χ2v) is 7.69. The predicted molar refractivity (Wildman–Crippen MR) is 136 cm³/mol. The molecular formula is C22H36IN7O. The first-order chi connectivity index (χ1) is 14.7. The molecule has 0 saturated carbocycles. The van der Waals surface area contributed by atoms with Crippen LogP contribution in [0, 0.1) is 0 Å². The Morgan fingerprint density at radius 1 is 1.26 bits per heavy atom. The molecule has 3 N–H and O–H groups in total. The molecule has 2 aromatic rings. The third-order valence-electron chi connectivity index (χ3n) is 5.47. The number of likely N-dealkylation sites (tertiary alicyclic amines) is 1. The number of guanidine groups is 1. The Labute approximate surface area is 202 Å².